The van der Waals surface area contributed by atoms with Crippen molar-refractivity contribution in [3.05, 3.63) is 53.2 Å². The summed E-state index contributed by atoms with van der Waals surface area (Å²) in [5, 5.41) is -0.483. The van der Waals surface area contributed by atoms with Gasteiger partial charge in [0.25, 0.3) is 10.0 Å². The number of alkyl halides is 3. The number of carbonyl (C=O) groups is 1. The van der Waals surface area contributed by atoms with Crippen LogP contribution in [0.3, 0.4) is 0 Å². The first kappa shape index (κ1) is 23.2. The topological polar surface area (TPSA) is 76.6 Å². The van der Waals surface area contributed by atoms with E-state index < -0.39 is 32.8 Å². The molecule has 11 heteroatoms. The van der Waals surface area contributed by atoms with Crippen molar-refractivity contribution in [1.82, 2.24) is 8.69 Å². The van der Waals surface area contributed by atoms with Crippen LogP contribution in [0.25, 0.3) is 0 Å². The van der Waals surface area contributed by atoms with Crippen LogP contribution in [0.2, 0.25) is 0 Å². The molecular weight excluding hydrogens is 429 g/mol. The second-order valence-corrected chi connectivity index (χ2v) is 8.84. The van der Waals surface area contributed by atoms with E-state index in [-0.39, 0.29) is 17.0 Å². The zero-order valence-corrected chi connectivity index (χ0v) is 17.5. The molecule has 1 aromatic heterocycles. The van der Waals surface area contributed by atoms with Crippen LogP contribution in [-0.2, 0) is 27.4 Å². The lowest BCUT2D eigenvalue weighted by Gasteiger charge is -2.21. The van der Waals surface area contributed by atoms with E-state index in [1.165, 1.54) is 32.2 Å². The van der Waals surface area contributed by atoms with Crippen molar-refractivity contribution in [3.8, 4) is 0 Å². The number of ether oxygens (including phenoxy) is 1. The van der Waals surface area contributed by atoms with Crippen molar-refractivity contribution < 1.29 is 31.1 Å². The summed E-state index contributed by atoms with van der Waals surface area (Å²) in [5.74, 6) is -0.696. The van der Waals surface area contributed by atoms with Gasteiger partial charge in [-0.05, 0) is 48.2 Å². The Labute approximate surface area is 171 Å². The number of sulfonamides is 1. The molecule has 0 fully saturated rings. The van der Waals surface area contributed by atoms with Crippen LogP contribution in [0.5, 0.6) is 0 Å². The monoisotopic (exact) mass is 448 g/mol. The first-order valence-electron chi connectivity index (χ1n) is 8.50. The van der Waals surface area contributed by atoms with Gasteiger partial charge in [0.05, 0.1) is 23.1 Å². The number of aryl methyl sites for hydroxylation is 1. The second kappa shape index (κ2) is 9.14. The molecule has 0 radical (unpaired) electrons. The van der Waals surface area contributed by atoms with Crippen LogP contribution < -0.4 is 0 Å². The van der Waals surface area contributed by atoms with Gasteiger partial charge in [0.2, 0.25) is 0 Å². The van der Waals surface area contributed by atoms with E-state index in [4.69, 9.17) is 4.74 Å². The number of pyridine rings is 1. The number of carbonyl (C=O) groups excluding carboxylic acids is 1. The van der Waals surface area contributed by atoms with Crippen molar-refractivity contribution >= 4 is 27.9 Å². The Morgan fingerprint density at radius 2 is 1.93 bits per heavy atom. The summed E-state index contributed by atoms with van der Waals surface area (Å²) < 4.78 is 71.2. The average molecular weight is 448 g/mol. The minimum atomic E-state index is -4.68. The van der Waals surface area contributed by atoms with Crippen molar-refractivity contribution in [2.45, 2.75) is 36.4 Å². The molecule has 1 heterocycles. The Hall–Kier alpha value is -2.11. The zero-order chi connectivity index (χ0) is 21.8. The van der Waals surface area contributed by atoms with E-state index in [0.717, 1.165) is 22.0 Å². The Morgan fingerprint density at radius 3 is 2.48 bits per heavy atom. The van der Waals surface area contributed by atoms with E-state index in [1.54, 1.807) is 6.92 Å². The minimum Gasteiger partial charge on any atom is -0.465 e. The van der Waals surface area contributed by atoms with Gasteiger partial charge in [-0.2, -0.15) is 13.2 Å². The number of rotatable bonds is 7. The highest BCUT2D eigenvalue weighted by Gasteiger charge is 2.36. The first-order chi connectivity index (χ1) is 13.6. The van der Waals surface area contributed by atoms with Gasteiger partial charge in [0.1, 0.15) is 5.03 Å². The maximum Gasteiger partial charge on any atom is 0.419 e. The van der Waals surface area contributed by atoms with Gasteiger partial charge in [0, 0.05) is 12.7 Å². The smallest absolute Gasteiger partial charge is 0.419 e. The number of hydrogen-bond donors (Lipinski definition) is 0. The van der Waals surface area contributed by atoms with Gasteiger partial charge in [-0.3, -0.25) is 0 Å². The van der Waals surface area contributed by atoms with Gasteiger partial charge in [-0.15, -0.1) is 3.71 Å². The van der Waals surface area contributed by atoms with Gasteiger partial charge in [0.15, 0.2) is 0 Å². The summed E-state index contributed by atoms with van der Waals surface area (Å²) in [5.41, 5.74) is -0.350. The predicted octanol–water partition coefficient (Wildman–Crippen LogP) is 4.17. The standard InChI is InChI=1S/C18H19F3N2O4S2/c1-4-12-8-9-13(11-14(12)17(24)27-3)29(25,26)23(5-2)28-16-15(18(19,20)21)7-6-10-22-16/h6-11H,4-5H2,1-3H3. The van der Waals surface area contributed by atoms with Crippen LogP contribution in [-0.4, -0.2) is 36.7 Å². The fraction of sp³-hybridized carbons (Fsp3) is 0.333. The van der Waals surface area contributed by atoms with Crippen LogP contribution in [0.15, 0.2) is 46.5 Å². The van der Waals surface area contributed by atoms with E-state index in [0.29, 0.717) is 23.9 Å². The molecule has 0 saturated heterocycles. The summed E-state index contributed by atoms with van der Waals surface area (Å²) in [6.45, 7) is 3.16. The van der Waals surface area contributed by atoms with Gasteiger partial charge in [-0.25, -0.2) is 18.2 Å². The third-order valence-corrected chi connectivity index (χ3v) is 7.37. The van der Waals surface area contributed by atoms with Crippen LogP contribution in [0.1, 0.15) is 35.3 Å². The van der Waals surface area contributed by atoms with E-state index in [1.807, 2.05) is 0 Å². The molecule has 29 heavy (non-hydrogen) atoms. The van der Waals surface area contributed by atoms with E-state index in [2.05, 4.69) is 4.98 Å². The van der Waals surface area contributed by atoms with E-state index in [9.17, 15) is 26.4 Å². The molecule has 0 aliphatic heterocycles. The summed E-state index contributed by atoms with van der Waals surface area (Å²) in [6, 6.07) is 5.93. The Balaban J connectivity index is 2.48. The van der Waals surface area contributed by atoms with Gasteiger partial charge >= 0.3 is 12.1 Å². The first-order valence-corrected chi connectivity index (χ1v) is 10.7. The fourth-order valence-corrected chi connectivity index (χ4v) is 5.16. The zero-order valence-electron chi connectivity index (χ0n) is 15.9. The third-order valence-electron chi connectivity index (χ3n) is 3.96. The van der Waals surface area contributed by atoms with Crippen molar-refractivity contribution in [2.24, 2.45) is 0 Å². The van der Waals surface area contributed by atoms with Crippen LogP contribution in [0, 0.1) is 0 Å². The summed E-state index contributed by atoms with van der Waals surface area (Å²) in [4.78, 5) is 15.4. The quantitative estimate of drug-likeness (QED) is 0.468. The molecule has 0 aliphatic carbocycles. The maximum absolute atomic E-state index is 13.2. The van der Waals surface area contributed by atoms with Gasteiger partial charge in [-0.1, -0.05) is 19.9 Å². The molecule has 158 valence electrons. The molecule has 0 unspecified atom stereocenters. The molecule has 2 aromatic rings. The Bertz CT molecular complexity index is 995. The molecular formula is C18H19F3N2O4S2. The second-order valence-electron chi connectivity index (χ2n) is 5.73. The summed E-state index contributed by atoms with van der Waals surface area (Å²) in [7, 11) is -3.04. The lowest BCUT2D eigenvalue weighted by Crippen LogP contribution is -2.25. The third kappa shape index (κ3) is 5.09. The molecule has 0 saturated carbocycles. The summed E-state index contributed by atoms with van der Waals surface area (Å²) in [6.07, 6.45) is -3.05. The molecule has 6 nitrogen and oxygen atoms in total. The van der Waals surface area contributed by atoms with E-state index >= 15 is 0 Å². The molecule has 0 atom stereocenters. The Kier molecular flexibility index (Phi) is 7.30. The van der Waals surface area contributed by atoms with Crippen molar-refractivity contribution in [3.63, 3.8) is 0 Å². The lowest BCUT2D eigenvalue weighted by molar-refractivity contribution is -0.140. The summed E-state index contributed by atoms with van der Waals surface area (Å²) >= 11 is 0.372. The Morgan fingerprint density at radius 1 is 1.24 bits per heavy atom. The van der Waals surface area contributed by atoms with Crippen molar-refractivity contribution in [2.75, 3.05) is 13.7 Å². The number of aromatic nitrogens is 1. The lowest BCUT2D eigenvalue weighted by atomic mass is 10.1. The normalized spacial score (nSPS) is 12.2. The SMILES string of the molecule is CCc1ccc(S(=O)(=O)N(CC)Sc2ncccc2C(F)(F)F)cc1C(=O)OC. The number of methoxy groups -OCH3 is 1. The minimum absolute atomic E-state index is 0.0888. The number of benzene rings is 1. The maximum atomic E-state index is 13.2. The number of esters is 1. The largest absolute Gasteiger partial charge is 0.465 e. The average Bonchev–Trinajstić information content (AvgIpc) is 2.70. The van der Waals surface area contributed by atoms with Crippen LogP contribution >= 0.6 is 11.9 Å². The molecule has 0 amide bonds. The fourth-order valence-electron chi connectivity index (χ4n) is 2.50. The molecule has 0 bridgehead atoms. The van der Waals surface area contributed by atoms with Crippen LogP contribution in [0.4, 0.5) is 13.2 Å². The number of hydrogen-bond acceptors (Lipinski definition) is 6. The predicted molar refractivity (Wildman–Crippen MR) is 102 cm³/mol. The molecule has 1 aromatic carbocycles. The molecule has 0 N–H and O–H groups in total. The number of halogens is 3. The van der Waals surface area contributed by atoms with Crippen molar-refractivity contribution in [1.29, 1.82) is 0 Å². The highest BCUT2D eigenvalue weighted by molar-refractivity contribution is 8.08. The highest BCUT2D eigenvalue weighted by atomic mass is 32.3. The molecule has 0 spiro atoms. The number of nitrogens with zero attached hydrogens (tertiary/aromatic N) is 2. The van der Waals surface area contributed by atoms with Gasteiger partial charge < -0.3 is 4.74 Å². The molecule has 2 rings (SSSR count). The molecule has 0 aliphatic rings. The highest BCUT2D eigenvalue weighted by Crippen LogP contribution is 2.38.